The number of hydrogen-bond acceptors (Lipinski definition) is 5. The molecule has 0 aliphatic rings. The third kappa shape index (κ3) is 4.77. The summed E-state index contributed by atoms with van der Waals surface area (Å²) in [5, 5.41) is 6.75. The van der Waals surface area contributed by atoms with Gasteiger partial charge in [-0.15, -0.1) is 11.3 Å². The Morgan fingerprint density at radius 1 is 1.15 bits per heavy atom. The van der Waals surface area contributed by atoms with Crippen LogP contribution in [0.1, 0.15) is 10.6 Å². The third-order valence-corrected chi connectivity index (χ3v) is 4.59. The fourth-order valence-corrected chi connectivity index (χ4v) is 3.15. The highest BCUT2D eigenvalue weighted by atomic mass is 32.1. The third-order valence-electron chi connectivity index (χ3n) is 3.75. The van der Waals surface area contributed by atoms with E-state index in [2.05, 4.69) is 15.5 Å². The second kappa shape index (κ2) is 8.40. The van der Waals surface area contributed by atoms with E-state index in [1.165, 1.54) is 11.3 Å². The quantitative estimate of drug-likeness (QED) is 0.537. The number of hydrogen-bond donors (Lipinski definition) is 1. The van der Waals surface area contributed by atoms with E-state index >= 15 is 0 Å². The van der Waals surface area contributed by atoms with Crippen molar-refractivity contribution in [3.63, 3.8) is 0 Å². The van der Waals surface area contributed by atoms with Crippen LogP contribution >= 0.6 is 11.3 Å². The fourth-order valence-electron chi connectivity index (χ4n) is 2.35. The number of amides is 1. The molecule has 0 bridgehead atoms. The number of carbonyl (C=O) groups excluding carboxylic acids is 1. The summed E-state index contributed by atoms with van der Waals surface area (Å²) < 4.78 is 0. The van der Waals surface area contributed by atoms with E-state index in [0.29, 0.717) is 0 Å². The predicted molar refractivity (Wildman–Crippen MR) is 108 cm³/mol. The molecular formula is C20H20N4OS. The van der Waals surface area contributed by atoms with Gasteiger partial charge >= 0.3 is 0 Å². The lowest BCUT2D eigenvalue weighted by Crippen LogP contribution is -2.19. The molecule has 0 spiro atoms. The van der Waals surface area contributed by atoms with Gasteiger partial charge in [0.1, 0.15) is 5.01 Å². The van der Waals surface area contributed by atoms with Crippen LogP contribution in [0, 0.1) is 0 Å². The molecule has 5 nitrogen and oxygen atoms in total. The Morgan fingerprint density at radius 3 is 2.58 bits per heavy atom. The van der Waals surface area contributed by atoms with Crippen molar-refractivity contribution >= 4 is 29.1 Å². The molecule has 3 rings (SSSR count). The highest BCUT2D eigenvalue weighted by Crippen LogP contribution is 2.21. The van der Waals surface area contributed by atoms with E-state index < -0.39 is 0 Å². The van der Waals surface area contributed by atoms with E-state index in [1.807, 2.05) is 79.0 Å². The first-order valence-corrected chi connectivity index (χ1v) is 9.09. The van der Waals surface area contributed by atoms with Gasteiger partial charge in [-0.2, -0.15) is 5.10 Å². The Labute approximate surface area is 157 Å². The van der Waals surface area contributed by atoms with E-state index in [1.54, 1.807) is 6.21 Å². The van der Waals surface area contributed by atoms with E-state index in [9.17, 15) is 4.79 Å². The molecule has 0 fully saturated rings. The van der Waals surface area contributed by atoms with Crippen molar-refractivity contribution in [2.45, 2.75) is 6.42 Å². The maximum atomic E-state index is 12.0. The van der Waals surface area contributed by atoms with Crippen molar-refractivity contribution in [3.8, 4) is 11.3 Å². The molecule has 1 amide bonds. The lowest BCUT2D eigenvalue weighted by atomic mass is 10.2. The molecule has 1 aromatic heterocycles. The van der Waals surface area contributed by atoms with Crippen LogP contribution in [0.3, 0.4) is 0 Å². The molecular weight excluding hydrogens is 344 g/mol. The minimum Gasteiger partial charge on any atom is -0.378 e. The Balaban J connectivity index is 1.53. The van der Waals surface area contributed by atoms with Crippen LogP contribution in [-0.4, -0.2) is 31.2 Å². The summed E-state index contributed by atoms with van der Waals surface area (Å²) in [4.78, 5) is 18.6. The SMILES string of the molecule is CN(C)c1ccc(/C=N\NC(=O)Cc2nc(-c3ccccc3)cs2)cc1. The predicted octanol–water partition coefficient (Wildman–Crippen LogP) is 3.57. The highest BCUT2D eigenvalue weighted by molar-refractivity contribution is 7.10. The molecule has 3 aromatic rings. The summed E-state index contributed by atoms with van der Waals surface area (Å²) in [6.07, 6.45) is 1.85. The standard InChI is InChI=1S/C20H20N4OS/c1-24(2)17-10-8-15(9-11-17)13-21-23-19(25)12-20-22-18(14-26-20)16-6-4-3-5-7-16/h3-11,13-14H,12H2,1-2H3,(H,23,25)/b21-13-. The largest absolute Gasteiger partial charge is 0.378 e. The average molecular weight is 364 g/mol. The van der Waals surface area contributed by atoms with E-state index in [0.717, 1.165) is 27.5 Å². The number of rotatable bonds is 6. The monoisotopic (exact) mass is 364 g/mol. The lowest BCUT2D eigenvalue weighted by molar-refractivity contribution is -0.120. The van der Waals surface area contributed by atoms with Crippen LogP contribution in [0.4, 0.5) is 5.69 Å². The summed E-state index contributed by atoms with van der Waals surface area (Å²) in [7, 11) is 3.98. The fraction of sp³-hybridized carbons (Fsp3) is 0.150. The Hall–Kier alpha value is -2.99. The van der Waals surface area contributed by atoms with Gasteiger partial charge in [-0.05, 0) is 17.7 Å². The van der Waals surface area contributed by atoms with Gasteiger partial charge in [-0.1, -0.05) is 42.5 Å². The summed E-state index contributed by atoms with van der Waals surface area (Å²) >= 11 is 1.48. The van der Waals surface area contributed by atoms with Crippen molar-refractivity contribution < 1.29 is 4.79 Å². The number of aromatic nitrogens is 1. The molecule has 0 radical (unpaired) electrons. The van der Waals surface area contributed by atoms with Crippen molar-refractivity contribution in [2.24, 2.45) is 5.10 Å². The maximum absolute atomic E-state index is 12.0. The number of thiazole rings is 1. The average Bonchev–Trinajstić information content (AvgIpc) is 3.11. The summed E-state index contributed by atoms with van der Waals surface area (Å²) in [6, 6.07) is 17.8. The molecule has 0 unspecified atom stereocenters. The van der Waals surface area contributed by atoms with Crippen LogP contribution in [0.25, 0.3) is 11.3 Å². The van der Waals surface area contributed by atoms with Crippen molar-refractivity contribution in [1.82, 2.24) is 10.4 Å². The first-order chi connectivity index (χ1) is 12.6. The molecule has 0 aliphatic heterocycles. The number of hydrazone groups is 1. The summed E-state index contributed by atoms with van der Waals surface area (Å²) in [5.74, 6) is -0.180. The van der Waals surface area contributed by atoms with Crippen molar-refractivity contribution in [2.75, 3.05) is 19.0 Å². The molecule has 26 heavy (non-hydrogen) atoms. The Morgan fingerprint density at radius 2 is 1.88 bits per heavy atom. The van der Waals surface area contributed by atoms with Crippen LogP contribution in [0.5, 0.6) is 0 Å². The van der Waals surface area contributed by atoms with Gasteiger partial charge in [-0.3, -0.25) is 4.79 Å². The highest BCUT2D eigenvalue weighted by Gasteiger charge is 2.08. The smallest absolute Gasteiger partial charge is 0.246 e. The number of anilines is 1. The second-order valence-electron chi connectivity index (χ2n) is 5.95. The molecule has 0 aliphatic carbocycles. The van der Waals surface area contributed by atoms with Crippen LogP contribution in [0.2, 0.25) is 0 Å². The normalized spacial score (nSPS) is 10.8. The number of benzene rings is 2. The van der Waals surface area contributed by atoms with Gasteiger partial charge < -0.3 is 4.90 Å². The molecule has 1 N–H and O–H groups in total. The molecule has 1 heterocycles. The zero-order valence-corrected chi connectivity index (χ0v) is 15.5. The summed E-state index contributed by atoms with van der Waals surface area (Å²) in [5.41, 5.74) is 6.54. The van der Waals surface area contributed by atoms with Gasteiger partial charge in [0, 0.05) is 30.7 Å². The first-order valence-electron chi connectivity index (χ1n) is 8.21. The molecule has 132 valence electrons. The molecule has 0 saturated carbocycles. The minimum atomic E-state index is -0.180. The number of carbonyl (C=O) groups is 1. The van der Waals surface area contributed by atoms with Crippen molar-refractivity contribution in [3.05, 3.63) is 70.5 Å². The summed E-state index contributed by atoms with van der Waals surface area (Å²) in [6.45, 7) is 0. The van der Waals surface area contributed by atoms with Gasteiger partial charge in [0.25, 0.3) is 0 Å². The van der Waals surface area contributed by atoms with E-state index in [-0.39, 0.29) is 12.3 Å². The first kappa shape index (κ1) is 17.8. The van der Waals surface area contributed by atoms with Crippen LogP contribution < -0.4 is 10.3 Å². The second-order valence-corrected chi connectivity index (χ2v) is 6.89. The minimum absolute atomic E-state index is 0.180. The van der Waals surface area contributed by atoms with Gasteiger partial charge in [0.05, 0.1) is 18.3 Å². The van der Waals surface area contributed by atoms with Gasteiger partial charge in [0.15, 0.2) is 0 Å². The topological polar surface area (TPSA) is 57.6 Å². The van der Waals surface area contributed by atoms with Crippen molar-refractivity contribution in [1.29, 1.82) is 0 Å². The lowest BCUT2D eigenvalue weighted by Gasteiger charge is -2.11. The van der Waals surface area contributed by atoms with Crippen LogP contribution in [-0.2, 0) is 11.2 Å². The molecule has 0 atom stereocenters. The number of nitrogens with zero attached hydrogens (tertiary/aromatic N) is 3. The Kier molecular flexibility index (Phi) is 5.76. The van der Waals surface area contributed by atoms with Gasteiger partial charge in [-0.25, -0.2) is 10.4 Å². The molecule has 2 aromatic carbocycles. The molecule has 6 heteroatoms. The maximum Gasteiger partial charge on any atom is 0.246 e. The van der Waals surface area contributed by atoms with E-state index in [4.69, 9.17) is 0 Å². The Bertz CT molecular complexity index is 886. The zero-order chi connectivity index (χ0) is 18.4. The van der Waals surface area contributed by atoms with Gasteiger partial charge in [0.2, 0.25) is 5.91 Å². The molecule has 0 saturated heterocycles. The van der Waals surface area contributed by atoms with Crippen LogP contribution in [0.15, 0.2) is 65.1 Å². The number of nitrogens with one attached hydrogen (secondary N) is 1. The zero-order valence-electron chi connectivity index (χ0n) is 14.7.